The van der Waals surface area contributed by atoms with E-state index in [2.05, 4.69) is 15.0 Å². The molecule has 0 spiro atoms. The molecule has 0 saturated carbocycles. The van der Waals surface area contributed by atoms with Gasteiger partial charge in [-0.1, -0.05) is 6.07 Å². The second-order valence-electron chi connectivity index (χ2n) is 4.01. The summed E-state index contributed by atoms with van der Waals surface area (Å²) in [6.07, 6.45) is 3.08. The van der Waals surface area contributed by atoms with Crippen molar-refractivity contribution in [3.8, 4) is 16.9 Å². The van der Waals surface area contributed by atoms with Crippen LogP contribution < -0.4 is 0 Å². The Hall–Kier alpha value is -2.40. The number of aromatic hydroxyl groups is 1. The number of hydrogen-bond donors (Lipinski definition) is 3. The van der Waals surface area contributed by atoms with Crippen LogP contribution in [0.5, 0.6) is 5.75 Å². The third-order valence-electron chi connectivity index (χ3n) is 2.74. The van der Waals surface area contributed by atoms with Gasteiger partial charge in [0, 0.05) is 11.8 Å². The zero-order valence-electron chi connectivity index (χ0n) is 9.46. The molecule has 0 saturated heterocycles. The van der Waals surface area contributed by atoms with Gasteiger partial charge in [-0.25, -0.2) is 4.98 Å². The van der Waals surface area contributed by atoms with Crippen LogP contribution in [0.2, 0.25) is 0 Å². The highest BCUT2D eigenvalue weighted by Gasteiger charge is 2.05. The molecule has 1 aromatic carbocycles. The molecule has 0 atom stereocenters. The van der Waals surface area contributed by atoms with Gasteiger partial charge >= 0.3 is 0 Å². The van der Waals surface area contributed by atoms with Crippen molar-refractivity contribution in [2.45, 2.75) is 6.61 Å². The SMILES string of the molecule is OCc1nc2ccc(-c3cncc(O)c3)cc2[nH]1. The monoisotopic (exact) mass is 241 g/mol. The molecule has 18 heavy (non-hydrogen) atoms. The number of aromatic amines is 1. The molecule has 90 valence electrons. The fourth-order valence-corrected chi connectivity index (χ4v) is 1.90. The van der Waals surface area contributed by atoms with E-state index in [-0.39, 0.29) is 12.4 Å². The lowest BCUT2D eigenvalue weighted by atomic mass is 10.1. The number of H-pyrrole nitrogens is 1. The number of aliphatic hydroxyl groups excluding tert-OH is 1. The fourth-order valence-electron chi connectivity index (χ4n) is 1.90. The minimum atomic E-state index is -0.113. The Kier molecular flexibility index (Phi) is 2.46. The highest BCUT2D eigenvalue weighted by molar-refractivity contribution is 5.82. The molecule has 3 N–H and O–H groups in total. The predicted octanol–water partition coefficient (Wildman–Crippen LogP) is 1.82. The van der Waals surface area contributed by atoms with Crippen molar-refractivity contribution >= 4 is 11.0 Å². The van der Waals surface area contributed by atoms with Crippen LogP contribution in [-0.2, 0) is 6.61 Å². The molecule has 0 radical (unpaired) electrons. The number of pyridine rings is 1. The molecule has 5 nitrogen and oxygen atoms in total. The summed E-state index contributed by atoms with van der Waals surface area (Å²) in [5, 5.41) is 18.4. The number of nitrogens with zero attached hydrogens (tertiary/aromatic N) is 2. The molecule has 3 aromatic rings. The van der Waals surface area contributed by atoms with Gasteiger partial charge in [0.25, 0.3) is 0 Å². The van der Waals surface area contributed by atoms with Gasteiger partial charge in [0.15, 0.2) is 0 Å². The highest BCUT2D eigenvalue weighted by Crippen LogP contribution is 2.25. The van der Waals surface area contributed by atoms with E-state index in [9.17, 15) is 5.11 Å². The second-order valence-corrected chi connectivity index (χ2v) is 4.01. The van der Waals surface area contributed by atoms with Crippen molar-refractivity contribution in [1.82, 2.24) is 15.0 Å². The molecule has 0 amide bonds. The van der Waals surface area contributed by atoms with Crippen LogP contribution in [0.25, 0.3) is 22.2 Å². The molecule has 0 aliphatic rings. The maximum atomic E-state index is 9.41. The first-order chi connectivity index (χ1) is 8.76. The highest BCUT2D eigenvalue weighted by atomic mass is 16.3. The fraction of sp³-hybridized carbons (Fsp3) is 0.0769. The van der Waals surface area contributed by atoms with Gasteiger partial charge in [-0.3, -0.25) is 4.98 Å². The van der Waals surface area contributed by atoms with E-state index in [0.717, 1.165) is 22.2 Å². The molecule has 0 aliphatic heterocycles. The Labute approximate surface area is 103 Å². The van der Waals surface area contributed by atoms with Crippen molar-refractivity contribution in [2.24, 2.45) is 0 Å². The van der Waals surface area contributed by atoms with E-state index in [1.165, 1.54) is 6.20 Å². The van der Waals surface area contributed by atoms with Crippen molar-refractivity contribution in [2.75, 3.05) is 0 Å². The normalized spacial score (nSPS) is 10.9. The van der Waals surface area contributed by atoms with Crippen LogP contribution in [0.15, 0.2) is 36.7 Å². The van der Waals surface area contributed by atoms with Crippen LogP contribution in [0.3, 0.4) is 0 Å². The van der Waals surface area contributed by atoms with Gasteiger partial charge in [-0.05, 0) is 23.8 Å². The quantitative estimate of drug-likeness (QED) is 0.639. The van der Waals surface area contributed by atoms with E-state index >= 15 is 0 Å². The van der Waals surface area contributed by atoms with Gasteiger partial charge in [0.05, 0.1) is 17.2 Å². The summed E-state index contributed by atoms with van der Waals surface area (Å²) in [7, 11) is 0. The van der Waals surface area contributed by atoms with Crippen LogP contribution in [0, 0.1) is 0 Å². The average molecular weight is 241 g/mol. The number of rotatable bonds is 2. The number of fused-ring (bicyclic) bond motifs is 1. The van der Waals surface area contributed by atoms with Gasteiger partial charge in [-0.2, -0.15) is 0 Å². The minimum absolute atomic E-state index is 0.113. The van der Waals surface area contributed by atoms with E-state index in [1.54, 1.807) is 12.3 Å². The Morgan fingerprint density at radius 2 is 2.00 bits per heavy atom. The van der Waals surface area contributed by atoms with Crippen molar-refractivity contribution < 1.29 is 10.2 Å². The average Bonchev–Trinajstić information content (AvgIpc) is 2.80. The molecule has 0 bridgehead atoms. The summed E-state index contributed by atoms with van der Waals surface area (Å²) in [6, 6.07) is 7.33. The summed E-state index contributed by atoms with van der Waals surface area (Å²) < 4.78 is 0. The molecule has 3 rings (SSSR count). The molecule has 5 heteroatoms. The van der Waals surface area contributed by atoms with Crippen LogP contribution in [0.4, 0.5) is 0 Å². The van der Waals surface area contributed by atoms with Gasteiger partial charge < -0.3 is 15.2 Å². The Morgan fingerprint density at radius 3 is 2.78 bits per heavy atom. The number of benzene rings is 1. The Balaban J connectivity index is 2.12. The third-order valence-corrected chi connectivity index (χ3v) is 2.74. The van der Waals surface area contributed by atoms with Crippen molar-refractivity contribution in [1.29, 1.82) is 0 Å². The van der Waals surface area contributed by atoms with Gasteiger partial charge in [-0.15, -0.1) is 0 Å². The molecule has 2 heterocycles. The third kappa shape index (κ3) is 1.80. The first-order valence-electron chi connectivity index (χ1n) is 5.50. The molecular formula is C13H11N3O2. The van der Waals surface area contributed by atoms with Crippen molar-refractivity contribution in [3.63, 3.8) is 0 Å². The number of aromatic nitrogens is 3. The Bertz CT molecular complexity index is 706. The zero-order chi connectivity index (χ0) is 12.5. The standard InChI is InChI=1S/C13H11N3O2/c17-7-13-15-11-2-1-8(4-12(11)16-13)9-3-10(18)6-14-5-9/h1-6,17-18H,7H2,(H,15,16). The summed E-state index contributed by atoms with van der Waals surface area (Å²) in [6.45, 7) is -0.113. The summed E-state index contributed by atoms with van der Waals surface area (Å²) >= 11 is 0. The van der Waals surface area contributed by atoms with E-state index in [0.29, 0.717) is 5.82 Å². The molecule has 2 aromatic heterocycles. The topological polar surface area (TPSA) is 82.0 Å². The van der Waals surface area contributed by atoms with E-state index in [1.807, 2.05) is 18.2 Å². The summed E-state index contributed by atoms with van der Waals surface area (Å²) in [4.78, 5) is 11.2. The number of nitrogens with one attached hydrogen (secondary N) is 1. The smallest absolute Gasteiger partial charge is 0.134 e. The summed E-state index contributed by atoms with van der Waals surface area (Å²) in [5.74, 6) is 0.671. The molecule has 0 unspecified atom stereocenters. The molecular weight excluding hydrogens is 230 g/mol. The molecule has 0 fully saturated rings. The first-order valence-corrected chi connectivity index (χ1v) is 5.50. The zero-order valence-corrected chi connectivity index (χ0v) is 9.46. The number of aliphatic hydroxyl groups is 1. The van der Waals surface area contributed by atoms with Gasteiger partial charge in [0.1, 0.15) is 18.2 Å². The van der Waals surface area contributed by atoms with Gasteiger partial charge in [0.2, 0.25) is 0 Å². The largest absolute Gasteiger partial charge is 0.506 e. The van der Waals surface area contributed by atoms with Crippen LogP contribution in [-0.4, -0.2) is 25.2 Å². The lowest BCUT2D eigenvalue weighted by molar-refractivity contribution is 0.273. The predicted molar refractivity (Wildman–Crippen MR) is 66.9 cm³/mol. The number of imidazole rings is 1. The van der Waals surface area contributed by atoms with E-state index < -0.39 is 0 Å². The van der Waals surface area contributed by atoms with Crippen LogP contribution in [0.1, 0.15) is 5.82 Å². The lowest BCUT2D eigenvalue weighted by Gasteiger charge is -2.01. The van der Waals surface area contributed by atoms with Crippen molar-refractivity contribution in [3.05, 3.63) is 42.5 Å². The maximum absolute atomic E-state index is 9.41. The Morgan fingerprint density at radius 1 is 1.11 bits per heavy atom. The number of hydrogen-bond acceptors (Lipinski definition) is 4. The van der Waals surface area contributed by atoms with E-state index in [4.69, 9.17) is 5.11 Å². The summed E-state index contributed by atoms with van der Waals surface area (Å²) in [5.41, 5.74) is 3.41. The lowest BCUT2D eigenvalue weighted by Crippen LogP contribution is -1.83. The van der Waals surface area contributed by atoms with Crippen LogP contribution >= 0.6 is 0 Å². The second kappa shape index (κ2) is 4.12. The molecule has 0 aliphatic carbocycles. The first kappa shape index (κ1) is 10.7. The minimum Gasteiger partial charge on any atom is -0.506 e. The maximum Gasteiger partial charge on any atom is 0.134 e.